The van der Waals surface area contributed by atoms with Crippen LogP contribution < -0.4 is 10.6 Å². The molecule has 1 aromatic rings. The average Bonchev–Trinajstić information content (AvgIpc) is 2.50. The number of halogens is 2. The van der Waals surface area contributed by atoms with Crippen molar-refractivity contribution in [3.8, 4) is 0 Å². The highest BCUT2D eigenvalue weighted by molar-refractivity contribution is 14.0. The molecular weight excluding hydrogens is 427 g/mol. The average molecular weight is 453 g/mol. The number of carbonyl (C=O) groups excluding carboxylic acids is 1. The molecule has 1 amide bonds. The van der Waals surface area contributed by atoms with Crippen LogP contribution in [0.25, 0.3) is 0 Å². The standard InChI is InChI=1S/C16H25ClN4O.HI/c1-4-10-18-16(20-12-15(22)21(2)3)19-11-9-13-7-5-6-8-14(13)17;/h5-8H,4,9-12H2,1-3H3,(H2,18,19,20);1H. The Labute approximate surface area is 160 Å². The van der Waals surface area contributed by atoms with E-state index in [0.29, 0.717) is 12.5 Å². The van der Waals surface area contributed by atoms with E-state index >= 15 is 0 Å². The van der Waals surface area contributed by atoms with E-state index < -0.39 is 0 Å². The van der Waals surface area contributed by atoms with E-state index in [9.17, 15) is 4.79 Å². The van der Waals surface area contributed by atoms with Crippen molar-refractivity contribution in [2.45, 2.75) is 19.8 Å². The fourth-order valence-electron chi connectivity index (χ4n) is 1.72. The molecule has 1 rings (SSSR count). The van der Waals surface area contributed by atoms with Crippen molar-refractivity contribution in [2.75, 3.05) is 33.7 Å². The normalized spacial score (nSPS) is 10.7. The molecule has 0 bridgehead atoms. The number of guanidine groups is 1. The first-order valence-corrected chi connectivity index (χ1v) is 7.88. The second kappa shape index (κ2) is 12.4. The van der Waals surface area contributed by atoms with Gasteiger partial charge in [-0.3, -0.25) is 4.79 Å². The second-order valence-electron chi connectivity index (χ2n) is 5.15. The fraction of sp³-hybridized carbons (Fsp3) is 0.500. The molecule has 7 heteroatoms. The minimum absolute atomic E-state index is 0. The Morgan fingerprint density at radius 3 is 2.48 bits per heavy atom. The summed E-state index contributed by atoms with van der Waals surface area (Å²) < 4.78 is 0. The van der Waals surface area contributed by atoms with Crippen LogP contribution >= 0.6 is 35.6 Å². The third kappa shape index (κ3) is 9.00. The number of likely N-dealkylation sites (N-methyl/N-ethyl adjacent to an activating group) is 1. The van der Waals surface area contributed by atoms with E-state index in [-0.39, 0.29) is 36.4 Å². The molecule has 0 radical (unpaired) electrons. The van der Waals surface area contributed by atoms with Crippen LogP contribution in [0.2, 0.25) is 5.02 Å². The summed E-state index contributed by atoms with van der Waals surface area (Å²) in [5.41, 5.74) is 1.09. The molecule has 23 heavy (non-hydrogen) atoms. The Morgan fingerprint density at radius 2 is 1.87 bits per heavy atom. The highest BCUT2D eigenvalue weighted by atomic mass is 127. The fourth-order valence-corrected chi connectivity index (χ4v) is 1.95. The maximum Gasteiger partial charge on any atom is 0.243 e. The predicted octanol–water partition coefficient (Wildman–Crippen LogP) is 2.53. The predicted molar refractivity (Wildman–Crippen MR) is 108 cm³/mol. The van der Waals surface area contributed by atoms with Gasteiger partial charge in [0.15, 0.2) is 5.96 Å². The minimum Gasteiger partial charge on any atom is -0.356 e. The highest BCUT2D eigenvalue weighted by Crippen LogP contribution is 2.14. The molecule has 0 aliphatic heterocycles. The van der Waals surface area contributed by atoms with Crippen LogP contribution in [0.3, 0.4) is 0 Å². The van der Waals surface area contributed by atoms with Gasteiger partial charge in [-0.25, -0.2) is 4.99 Å². The summed E-state index contributed by atoms with van der Waals surface area (Å²) in [5.74, 6) is 0.632. The van der Waals surface area contributed by atoms with Gasteiger partial charge in [-0.2, -0.15) is 0 Å². The van der Waals surface area contributed by atoms with Gasteiger partial charge >= 0.3 is 0 Å². The molecule has 2 N–H and O–H groups in total. The first-order valence-electron chi connectivity index (χ1n) is 7.50. The largest absolute Gasteiger partial charge is 0.356 e. The van der Waals surface area contributed by atoms with Crippen LogP contribution in [0.4, 0.5) is 0 Å². The number of hydrogen-bond donors (Lipinski definition) is 2. The SMILES string of the molecule is CCCNC(=NCC(=O)N(C)C)NCCc1ccccc1Cl.I. The van der Waals surface area contributed by atoms with Crippen molar-refractivity contribution in [2.24, 2.45) is 4.99 Å². The Bertz CT molecular complexity index is 509. The number of aliphatic imine (C=N–C) groups is 1. The first kappa shape index (κ1) is 22.0. The lowest BCUT2D eigenvalue weighted by molar-refractivity contribution is -0.127. The van der Waals surface area contributed by atoms with Crippen LogP contribution in [0.5, 0.6) is 0 Å². The molecule has 5 nitrogen and oxygen atoms in total. The summed E-state index contributed by atoms with van der Waals surface area (Å²) in [4.78, 5) is 17.4. The molecule has 0 heterocycles. The lowest BCUT2D eigenvalue weighted by Crippen LogP contribution is -2.39. The lowest BCUT2D eigenvalue weighted by Gasteiger charge is -2.13. The van der Waals surface area contributed by atoms with Gasteiger partial charge in [-0.05, 0) is 24.5 Å². The molecule has 0 saturated heterocycles. The smallest absolute Gasteiger partial charge is 0.243 e. The zero-order valence-electron chi connectivity index (χ0n) is 13.9. The van der Waals surface area contributed by atoms with Gasteiger partial charge in [-0.1, -0.05) is 36.7 Å². The lowest BCUT2D eigenvalue weighted by atomic mass is 10.1. The minimum atomic E-state index is -0.0243. The van der Waals surface area contributed by atoms with Crippen molar-refractivity contribution in [3.05, 3.63) is 34.9 Å². The van der Waals surface area contributed by atoms with E-state index in [1.807, 2.05) is 24.3 Å². The number of carbonyl (C=O) groups is 1. The van der Waals surface area contributed by atoms with Crippen molar-refractivity contribution in [1.82, 2.24) is 15.5 Å². The molecule has 0 aliphatic carbocycles. The number of amides is 1. The Kier molecular flexibility index (Phi) is 11.9. The summed E-state index contributed by atoms with van der Waals surface area (Å²) >= 11 is 6.14. The van der Waals surface area contributed by atoms with E-state index in [2.05, 4.69) is 22.5 Å². The third-order valence-electron chi connectivity index (χ3n) is 3.06. The molecule has 0 aliphatic rings. The van der Waals surface area contributed by atoms with Gasteiger partial charge in [0, 0.05) is 32.2 Å². The summed E-state index contributed by atoms with van der Waals surface area (Å²) in [7, 11) is 3.45. The maximum absolute atomic E-state index is 11.6. The quantitative estimate of drug-likeness (QED) is 0.380. The molecular formula is C16H26ClIN4O. The number of rotatable bonds is 7. The molecule has 0 atom stereocenters. The summed E-state index contributed by atoms with van der Waals surface area (Å²) in [6, 6.07) is 7.79. The molecule has 130 valence electrons. The molecule has 0 spiro atoms. The molecule has 1 aromatic carbocycles. The van der Waals surface area contributed by atoms with Crippen LogP contribution in [-0.2, 0) is 11.2 Å². The first-order chi connectivity index (χ1) is 10.5. The number of benzene rings is 1. The Balaban J connectivity index is 0.00000484. The summed E-state index contributed by atoms with van der Waals surface area (Å²) in [6.07, 6.45) is 1.79. The molecule has 0 aromatic heterocycles. The number of nitrogens with zero attached hydrogens (tertiary/aromatic N) is 2. The second-order valence-corrected chi connectivity index (χ2v) is 5.56. The number of nitrogens with one attached hydrogen (secondary N) is 2. The van der Waals surface area contributed by atoms with Crippen molar-refractivity contribution in [1.29, 1.82) is 0 Å². The van der Waals surface area contributed by atoms with Gasteiger partial charge in [0.1, 0.15) is 6.54 Å². The monoisotopic (exact) mass is 452 g/mol. The van der Waals surface area contributed by atoms with Crippen LogP contribution in [0.1, 0.15) is 18.9 Å². The van der Waals surface area contributed by atoms with Crippen molar-refractivity contribution < 1.29 is 4.79 Å². The van der Waals surface area contributed by atoms with Gasteiger partial charge < -0.3 is 15.5 Å². The summed E-state index contributed by atoms with van der Waals surface area (Å²) in [5, 5.41) is 7.20. The Morgan fingerprint density at radius 1 is 1.22 bits per heavy atom. The highest BCUT2D eigenvalue weighted by Gasteiger charge is 2.04. The van der Waals surface area contributed by atoms with Gasteiger partial charge in [-0.15, -0.1) is 24.0 Å². The van der Waals surface area contributed by atoms with Crippen LogP contribution in [-0.4, -0.2) is 50.5 Å². The zero-order chi connectivity index (χ0) is 16.4. The van der Waals surface area contributed by atoms with Crippen LogP contribution in [0.15, 0.2) is 29.3 Å². The molecule has 0 unspecified atom stereocenters. The van der Waals surface area contributed by atoms with E-state index in [1.165, 1.54) is 4.90 Å². The topological polar surface area (TPSA) is 56.7 Å². The van der Waals surface area contributed by atoms with Crippen molar-refractivity contribution >= 4 is 47.4 Å². The summed E-state index contributed by atoms with van der Waals surface area (Å²) in [6.45, 7) is 3.74. The van der Waals surface area contributed by atoms with Gasteiger partial charge in [0.2, 0.25) is 5.91 Å². The van der Waals surface area contributed by atoms with E-state index in [1.54, 1.807) is 14.1 Å². The maximum atomic E-state index is 11.6. The third-order valence-corrected chi connectivity index (χ3v) is 3.43. The van der Waals surface area contributed by atoms with Gasteiger partial charge in [0.05, 0.1) is 0 Å². The molecule has 0 fully saturated rings. The molecule has 0 saturated carbocycles. The number of hydrogen-bond acceptors (Lipinski definition) is 2. The van der Waals surface area contributed by atoms with Gasteiger partial charge in [0.25, 0.3) is 0 Å². The van der Waals surface area contributed by atoms with E-state index in [4.69, 9.17) is 11.6 Å². The van der Waals surface area contributed by atoms with Crippen molar-refractivity contribution in [3.63, 3.8) is 0 Å². The zero-order valence-corrected chi connectivity index (χ0v) is 17.0. The van der Waals surface area contributed by atoms with E-state index in [0.717, 1.165) is 30.0 Å². The Hall–Kier alpha value is -1.02. The van der Waals surface area contributed by atoms with Crippen LogP contribution in [0, 0.1) is 0 Å².